The quantitative estimate of drug-likeness (QED) is 0.512. The smallest absolute Gasteiger partial charge is 0.288 e. The lowest BCUT2D eigenvalue weighted by Gasteiger charge is -2.20. The number of nitrogens with zero attached hydrogens (tertiary/aromatic N) is 2. The molecule has 0 bridgehead atoms. The lowest BCUT2D eigenvalue weighted by Crippen LogP contribution is -2.38. The minimum Gasteiger partial charge on any atom is -0.349 e. The van der Waals surface area contributed by atoms with E-state index >= 15 is 0 Å². The van der Waals surface area contributed by atoms with Crippen LogP contribution in [0.25, 0.3) is 0 Å². The van der Waals surface area contributed by atoms with Crippen molar-refractivity contribution in [3.8, 4) is 0 Å². The third-order valence-electron chi connectivity index (χ3n) is 2.84. The lowest BCUT2D eigenvalue weighted by molar-refractivity contribution is -0.385. The summed E-state index contributed by atoms with van der Waals surface area (Å²) >= 11 is 5.81. The van der Waals surface area contributed by atoms with Crippen LogP contribution >= 0.6 is 11.6 Å². The summed E-state index contributed by atoms with van der Waals surface area (Å²) in [4.78, 5) is 25.8. The average Bonchev–Trinajstić information content (AvgIpc) is 2.35. The molecule has 0 aliphatic heterocycles. The molecule has 19 heavy (non-hydrogen) atoms. The van der Waals surface area contributed by atoms with E-state index in [1.807, 2.05) is 20.8 Å². The molecule has 1 aromatic rings. The van der Waals surface area contributed by atoms with Crippen LogP contribution in [0.4, 0.5) is 5.69 Å². The Morgan fingerprint density at radius 2 is 2.21 bits per heavy atom. The van der Waals surface area contributed by atoms with Crippen LogP contribution in [0, 0.1) is 16.0 Å². The van der Waals surface area contributed by atoms with Crippen molar-refractivity contribution >= 4 is 23.2 Å². The Hall–Kier alpha value is -1.69. The molecule has 1 atom stereocenters. The Bertz CT molecular complexity index is 491. The predicted octanol–water partition coefficient (Wildman–Crippen LogP) is 2.81. The van der Waals surface area contributed by atoms with E-state index in [1.54, 1.807) is 0 Å². The number of pyridine rings is 1. The highest BCUT2D eigenvalue weighted by atomic mass is 35.5. The SMILES string of the molecule is CCC(NC(=O)c1cc([N+](=O)[O-])cnc1Cl)C(C)C. The molecule has 1 heterocycles. The van der Waals surface area contributed by atoms with Crippen LogP contribution in [0.3, 0.4) is 0 Å². The standard InChI is InChI=1S/C12H16ClN3O3/c1-4-10(7(2)3)15-12(17)9-5-8(16(18)19)6-14-11(9)13/h5-7,10H,4H2,1-3H3,(H,15,17). The largest absolute Gasteiger partial charge is 0.349 e. The predicted molar refractivity (Wildman–Crippen MR) is 72.3 cm³/mol. The van der Waals surface area contributed by atoms with Crippen molar-refractivity contribution < 1.29 is 9.72 Å². The van der Waals surface area contributed by atoms with Crippen molar-refractivity contribution in [2.75, 3.05) is 0 Å². The highest BCUT2D eigenvalue weighted by Gasteiger charge is 2.20. The van der Waals surface area contributed by atoms with Gasteiger partial charge in [0.2, 0.25) is 0 Å². The van der Waals surface area contributed by atoms with Crippen LogP contribution in [-0.4, -0.2) is 21.9 Å². The first kappa shape index (κ1) is 15.4. The minimum atomic E-state index is -0.611. The number of carbonyl (C=O) groups is 1. The number of halogens is 1. The Kier molecular flexibility index (Phi) is 5.23. The first-order chi connectivity index (χ1) is 8.86. The molecule has 0 radical (unpaired) electrons. The molecule has 6 nitrogen and oxygen atoms in total. The molecule has 1 amide bonds. The van der Waals surface area contributed by atoms with Crippen LogP contribution in [0.5, 0.6) is 0 Å². The third-order valence-corrected chi connectivity index (χ3v) is 3.14. The lowest BCUT2D eigenvalue weighted by atomic mass is 10.0. The van der Waals surface area contributed by atoms with Crippen LogP contribution in [0.1, 0.15) is 37.6 Å². The second kappa shape index (κ2) is 6.47. The molecule has 0 aliphatic carbocycles. The number of hydrogen-bond acceptors (Lipinski definition) is 4. The van der Waals surface area contributed by atoms with E-state index in [0.717, 1.165) is 18.7 Å². The van der Waals surface area contributed by atoms with Gasteiger partial charge >= 0.3 is 0 Å². The van der Waals surface area contributed by atoms with Gasteiger partial charge in [-0.2, -0.15) is 0 Å². The molecule has 1 N–H and O–H groups in total. The van der Waals surface area contributed by atoms with Crippen LogP contribution in [-0.2, 0) is 0 Å². The molecule has 0 saturated heterocycles. The summed E-state index contributed by atoms with van der Waals surface area (Å²) in [5.74, 6) is -0.180. The number of amides is 1. The van der Waals surface area contributed by atoms with Crippen molar-refractivity contribution in [3.63, 3.8) is 0 Å². The zero-order valence-corrected chi connectivity index (χ0v) is 11.8. The first-order valence-electron chi connectivity index (χ1n) is 5.97. The second-order valence-corrected chi connectivity index (χ2v) is 4.88. The summed E-state index contributed by atoms with van der Waals surface area (Å²) in [6, 6.07) is 1.13. The number of aromatic nitrogens is 1. The fourth-order valence-electron chi connectivity index (χ4n) is 1.68. The van der Waals surface area contributed by atoms with Gasteiger partial charge < -0.3 is 5.32 Å². The molecule has 1 unspecified atom stereocenters. The topological polar surface area (TPSA) is 85.1 Å². The molecule has 0 aromatic carbocycles. The third kappa shape index (κ3) is 3.89. The molecule has 1 rings (SSSR count). The highest BCUT2D eigenvalue weighted by molar-refractivity contribution is 6.32. The summed E-state index contributed by atoms with van der Waals surface area (Å²) in [5, 5.41) is 13.4. The van der Waals surface area contributed by atoms with Gasteiger partial charge in [0.1, 0.15) is 11.3 Å². The number of nitrogens with one attached hydrogen (secondary N) is 1. The summed E-state index contributed by atoms with van der Waals surface area (Å²) in [5.41, 5.74) is -0.234. The molecular formula is C12H16ClN3O3. The monoisotopic (exact) mass is 285 g/mol. The van der Waals surface area contributed by atoms with Crippen LogP contribution in [0.15, 0.2) is 12.3 Å². The summed E-state index contributed by atoms with van der Waals surface area (Å²) in [7, 11) is 0. The Balaban J connectivity index is 2.99. The summed E-state index contributed by atoms with van der Waals surface area (Å²) in [6.07, 6.45) is 1.79. The fourth-order valence-corrected chi connectivity index (χ4v) is 1.87. The van der Waals surface area contributed by atoms with Gasteiger partial charge in [-0.15, -0.1) is 0 Å². The Morgan fingerprint density at radius 3 is 2.68 bits per heavy atom. The number of rotatable bonds is 5. The van der Waals surface area contributed by atoms with Gasteiger partial charge in [0.05, 0.1) is 10.5 Å². The maximum Gasteiger partial charge on any atom is 0.288 e. The van der Waals surface area contributed by atoms with Crippen molar-refractivity contribution in [2.45, 2.75) is 33.2 Å². The zero-order chi connectivity index (χ0) is 14.6. The van der Waals surface area contributed by atoms with Crippen LogP contribution in [0.2, 0.25) is 5.15 Å². The maximum atomic E-state index is 12.1. The van der Waals surface area contributed by atoms with Crippen LogP contribution < -0.4 is 5.32 Å². The number of nitro groups is 1. The van der Waals surface area contributed by atoms with E-state index in [9.17, 15) is 14.9 Å². The first-order valence-corrected chi connectivity index (χ1v) is 6.35. The average molecular weight is 286 g/mol. The highest BCUT2D eigenvalue weighted by Crippen LogP contribution is 2.19. The number of hydrogen-bond donors (Lipinski definition) is 1. The van der Waals surface area contributed by atoms with E-state index in [4.69, 9.17) is 11.6 Å². The van der Waals surface area contributed by atoms with Crippen molar-refractivity contribution in [2.24, 2.45) is 5.92 Å². The van der Waals surface area contributed by atoms with Gasteiger partial charge in [-0.05, 0) is 12.3 Å². The van der Waals surface area contributed by atoms with E-state index in [2.05, 4.69) is 10.3 Å². The van der Waals surface area contributed by atoms with Gasteiger partial charge in [-0.1, -0.05) is 32.4 Å². The van der Waals surface area contributed by atoms with E-state index in [1.165, 1.54) is 0 Å². The molecule has 7 heteroatoms. The van der Waals surface area contributed by atoms with Crippen molar-refractivity contribution in [1.82, 2.24) is 10.3 Å². The van der Waals surface area contributed by atoms with Gasteiger partial charge in [0.25, 0.3) is 11.6 Å². The normalized spacial score (nSPS) is 12.3. The second-order valence-electron chi connectivity index (χ2n) is 4.52. The zero-order valence-electron chi connectivity index (χ0n) is 11.0. The Labute approximate surface area is 116 Å². The molecule has 1 aromatic heterocycles. The van der Waals surface area contributed by atoms with Gasteiger partial charge in [0.15, 0.2) is 0 Å². The van der Waals surface area contributed by atoms with Gasteiger partial charge in [-0.25, -0.2) is 4.98 Å². The number of carbonyl (C=O) groups excluding carboxylic acids is 1. The van der Waals surface area contributed by atoms with E-state index in [0.29, 0.717) is 0 Å². The van der Waals surface area contributed by atoms with Gasteiger partial charge in [-0.3, -0.25) is 14.9 Å². The molecule has 0 fully saturated rings. The van der Waals surface area contributed by atoms with Crippen molar-refractivity contribution in [1.29, 1.82) is 0 Å². The van der Waals surface area contributed by atoms with Gasteiger partial charge in [0, 0.05) is 12.1 Å². The summed E-state index contributed by atoms with van der Waals surface area (Å²) in [6.45, 7) is 5.93. The van der Waals surface area contributed by atoms with E-state index in [-0.39, 0.29) is 28.4 Å². The summed E-state index contributed by atoms with van der Waals surface area (Å²) < 4.78 is 0. The van der Waals surface area contributed by atoms with Crippen molar-refractivity contribution in [3.05, 3.63) is 33.1 Å². The Morgan fingerprint density at radius 1 is 1.58 bits per heavy atom. The molecule has 0 spiro atoms. The fraction of sp³-hybridized carbons (Fsp3) is 0.500. The molecule has 0 saturated carbocycles. The molecule has 104 valence electrons. The molecule has 0 aliphatic rings. The maximum absolute atomic E-state index is 12.1. The molecular weight excluding hydrogens is 270 g/mol. The minimum absolute atomic E-state index is 0.0113. The van der Waals surface area contributed by atoms with E-state index < -0.39 is 10.8 Å².